The van der Waals surface area contributed by atoms with Crippen molar-refractivity contribution in [3.8, 4) is 0 Å². The minimum atomic E-state index is 0.593. The van der Waals surface area contributed by atoms with Gasteiger partial charge in [-0.3, -0.25) is 0 Å². The summed E-state index contributed by atoms with van der Waals surface area (Å²) in [6, 6.07) is 0. The minimum Gasteiger partial charge on any atom is -0.0625 e. The van der Waals surface area contributed by atoms with Gasteiger partial charge < -0.3 is 0 Å². The van der Waals surface area contributed by atoms with Crippen molar-refractivity contribution in [3.63, 3.8) is 0 Å². The van der Waals surface area contributed by atoms with Crippen LogP contribution in [0.1, 0.15) is 134 Å². The maximum atomic E-state index is 2.42. The van der Waals surface area contributed by atoms with Crippen LogP contribution in [0.4, 0.5) is 0 Å². The Morgan fingerprint density at radius 1 is 0.370 bits per heavy atom. The zero-order valence-corrected chi connectivity index (χ0v) is 20.6. The molecule has 0 heterocycles. The smallest absolute Gasteiger partial charge is 0.0213 e. The molecule has 0 saturated carbocycles. The van der Waals surface area contributed by atoms with E-state index in [1.807, 2.05) is 0 Å². The molecule has 0 heteroatoms. The van der Waals surface area contributed by atoms with Gasteiger partial charge in [0.05, 0.1) is 0 Å². The van der Waals surface area contributed by atoms with Gasteiger partial charge in [0.2, 0.25) is 0 Å². The fourth-order valence-electron chi connectivity index (χ4n) is 4.96. The first-order valence-electron chi connectivity index (χ1n) is 11.6. The maximum Gasteiger partial charge on any atom is -0.0213 e. The summed E-state index contributed by atoms with van der Waals surface area (Å²) in [4.78, 5) is 0. The van der Waals surface area contributed by atoms with E-state index in [9.17, 15) is 0 Å². The van der Waals surface area contributed by atoms with E-state index in [4.69, 9.17) is 0 Å². The maximum absolute atomic E-state index is 2.42. The number of benzene rings is 1. The second kappa shape index (κ2) is 10.1. The molecule has 0 N–H and O–H groups in total. The predicted octanol–water partition coefficient (Wildman–Crippen LogP) is 8.65. The highest BCUT2D eigenvalue weighted by Crippen LogP contribution is 2.42. The van der Waals surface area contributed by atoms with Crippen LogP contribution in [0.3, 0.4) is 0 Å². The summed E-state index contributed by atoms with van der Waals surface area (Å²) in [6.45, 7) is 28.8. The molecule has 0 fully saturated rings. The van der Waals surface area contributed by atoms with Crippen LogP contribution < -0.4 is 0 Å². The van der Waals surface area contributed by atoms with E-state index in [0.717, 1.165) is 0 Å². The zero-order valence-electron chi connectivity index (χ0n) is 20.6. The minimum absolute atomic E-state index is 0.593. The largest absolute Gasteiger partial charge is 0.0625 e. The summed E-state index contributed by atoms with van der Waals surface area (Å²) in [5.74, 6) is 3.87. The van der Waals surface area contributed by atoms with Gasteiger partial charge in [-0.25, -0.2) is 0 Å². The molecule has 0 aliphatic heterocycles. The molecule has 0 bridgehead atoms. The van der Waals surface area contributed by atoms with E-state index < -0.39 is 0 Å². The van der Waals surface area contributed by atoms with Gasteiger partial charge >= 0.3 is 0 Å². The van der Waals surface area contributed by atoms with Gasteiger partial charge in [-0.15, -0.1) is 0 Å². The molecular weight excluding hydrogens is 324 g/mol. The lowest BCUT2D eigenvalue weighted by Crippen LogP contribution is -2.19. The van der Waals surface area contributed by atoms with Crippen LogP contribution in [0.25, 0.3) is 0 Å². The molecule has 27 heavy (non-hydrogen) atoms. The normalized spacial score (nSPS) is 12.7. The molecule has 1 aromatic rings. The molecule has 0 nitrogen and oxygen atoms in total. The Balaban J connectivity index is 4.09. The first kappa shape index (κ1) is 24.3. The molecule has 1 aromatic carbocycles. The van der Waals surface area contributed by atoms with E-state index in [-0.39, 0.29) is 0 Å². The van der Waals surface area contributed by atoms with Gasteiger partial charge in [-0.2, -0.15) is 0 Å². The Morgan fingerprint density at radius 2 is 0.556 bits per heavy atom. The van der Waals surface area contributed by atoms with Crippen molar-refractivity contribution in [3.05, 3.63) is 33.4 Å². The SMILES string of the molecule is CC(C)Cc1c(C(C)C)c(CC(C)C)c(C(C)C)c(CC(C)C)c1C(C)C. The summed E-state index contributed by atoms with van der Waals surface area (Å²) >= 11 is 0. The van der Waals surface area contributed by atoms with Gasteiger partial charge in [-0.05, 0) is 88.2 Å². The second-order valence-electron chi connectivity index (χ2n) is 10.9. The Labute approximate surface area is 171 Å². The highest BCUT2D eigenvalue weighted by molar-refractivity contribution is 5.56. The summed E-state index contributed by atoms with van der Waals surface area (Å²) in [5.41, 5.74) is 10.2. The Kier molecular flexibility index (Phi) is 9.10. The van der Waals surface area contributed by atoms with Crippen molar-refractivity contribution in [1.82, 2.24) is 0 Å². The second-order valence-corrected chi connectivity index (χ2v) is 10.9. The Hall–Kier alpha value is -0.780. The molecule has 0 atom stereocenters. The van der Waals surface area contributed by atoms with Crippen molar-refractivity contribution >= 4 is 0 Å². The van der Waals surface area contributed by atoms with E-state index in [0.29, 0.717) is 35.5 Å². The molecule has 0 spiro atoms. The molecule has 0 aliphatic carbocycles. The molecule has 0 radical (unpaired) electrons. The fraction of sp³-hybridized carbons (Fsp3) is 0.778. The summed E-state index contributed by atoms with van der Waals surface area (Å²) in [6.07, 6.45) is 3.65. The Morgan fingerprint density at radius 3 is 0.667 bits per heavy atom. The molecule has 0 aromatic heterocycles. The average molecular weight is 373 g/mol. The van der Waals surface area contributed by atoms with E-state index in [1.54, 1.807) is 33.4 Å². The van der Waals surface area contributed by atoms with Crippen molar-refractivity contribution in [2.24, 2.45) is 17.8 Å². The van der Waals surface area contributed by atoms with Crippen LogP contribution in [0.2, 0.25) is 0 Å². The molecular formula is C27H48. The number of hydrogen-bond acceptors (Lipinski definition) is 0. The topological polar surface area (TPSA) is 0 Å². The first-order valence-corrected chi connectivity index (χ1v) is 11.6. The van der Waals surface area contributed by atoms with Crippen LogP contribution in [-0.2, 0) is 19.3 Å². The average Bonchev–Trinajstić information content (AvgIpc) is 2.43. The van der Waals surface area contributed by atoms with Crippen molar-refractivity contribution < 1.29 is 0 Å². The highest BCUT2D eigenvalue weighted by atomic mass is 14.3. The lowest BCUT2D eigenvalue weighted by Gasteiger charge is -2.33. The van der Waals surface area contributed by atoms with Gasteiger partial charge in [0.25, 0.3) is 0 Å². The number of rotatable bonds is 9. The van der Waals surface area contributed by atoms with Crippen molar-refractivity contribution in [2.45, 2.75) is 120 Å². The Bertz CT molecular complexity index is 490. The standard InChI is InChI=1S/C27H48/c1-16(2)13-22-25(19(7)8)23(14-17(3)4)27(21(11)12)24(15-18(5)6)26(22)20(9)10/h16-21H,13-15H2,1-12H3. The molecule has 0 amide bonds. The van der Waals surface area contributed by atoms with Crippen molar-refractivity contribution in [1.29, 1.82) is 0 Å². The zero-order chi connectivity index (χ0) is 21.0. The van der Waals surface area contributed by atoms with Gasteiger partial charge in [0.15, 0.2) is 0 Å². The summed E-state index contributed by atoms with van der Waals surface area (Å²) in [7, 11) is 0. The lowest BCUT2D eigenvalue weighted by atomic mass is 9.72. The molecule has 0 unspecified atom stereocenters. The fourth-order valence-corrected chi connectivity index (χ4v) is 4.96. The third-order valence-corrected chi connectivity index (χ3v) is 5.52. The molecule has 156 valence electrons. The predicted molar refractivity (Wildman–Crippen MR) is 124 cm³/mol. The molecule has 0 aliphatic rings. The van der Waals surface area contributed by atoms with Gasteiger partial charge in [0, 0.05) is 0 Å². The molecule has 1 rings (SSSR count). The van der Waals surface area contributed by atoms with Gasteiger partial charge in [0.1, 0.15) is 0 Å². The number of hydrogen-bond donors (Lipinski definition) is 0. The monoisotopic (exact) mass is 372 g/mol. The van der Waals surface area contributed by atoms with Crippen LogP contribution in [0.15, 0.2) is 0 Å². The van der Waals surface area contributed by atoms with E-state index in [1.165, 1.54) is 19.3 Å². The third kappa shape index (κ3) is 6.10. The third-order valence-electron chi connectivity index (χ3n) is 5.52. The van der Waals surface area contributed by atoms with Crippen LogP contribution in [0, 0.1) is 17.8 Å². The van der Waals surface area contributed by atoms with Crippen molar-refractivity contribution in [2.75, 3.05) is 0 Å². The van der Waals surface area contributed by atoms with E-state index in [2.05, 4.69) is 83.1 Å². The van der Waals surface area contributed by atoms with Crippen LogP contribution in [0.5, 0.6) is 0 Å². The van der Waals surface area contributed by atoms with Crippen LogP contribution in [-0.4, -0.2) is 0 Å². The van der Waals surface area contributed by atoms with Crippen LogP contribution >= 0.6 is 0 Å². The van der Waals surface area contributed by atoms with Gasteiger partial charge in [-0.1, -0.05) is 83.1 Å². The summed E-state index contributed by atoms with van der Waals surface area (Å²) < 4.78 is 0. The quantitative estimate of drug-likeness (QED) is 0.407. The summed E-state index contributed by atoms with van der Waals surface area (Å²) in [5, 5.41) is 0. The molecule has 0 saturated heterocycles. The lowest BCUT2D eigenvalue weighted by molar-refractivity contribution is 0.586. The van der Waals surface area contributed by atoms with E-state index >= 15 is 0 Å². The first-order chi connectivity index (χ1) is 12.4. The highest BCUT2D eigenvalue weighted by Gasteiger charge is 2.28.